The van der Waals surface area contributed by atoms with E-state index in [1.54, 1.807) is 3.11 Å². The summed E-state index contributed by atoms with van der Waals surface area (Å²) in [4.78, 5) is 13.8. The summed E-state index contributed by atoms with van der Waals surface area (Å²) < 4.78 is 24.0. The maximum Gasteiger partial charge on any atom is 0.273 e. The molecule has 0 radical (unpaired) electrons. The number of aromatic nitrogens is 2. The maximum absolute atomic E-state index is 13.8. The van der Waals surface area contributed by atoms with E-state index >= 15 is 0 Å². The van der Waals surface area contributed by atoms with Crippen LogP contribution in [0, 0.1) is 16.3 Å². The lowest BCUT2D eigenvalue weighted by atomic mass is 10.1. The molecule has 1 aromatic carbocycles. The van der Waals surface area contributed by atoms with Crippen molar-refractivity contribution < 1.29 is 13.9 Å². The van der Waals surface area contributed by atoms with E-state index < -0.39 is 0 Å². The Bertz CT molecular complexity index is 1080. The number of aryl methyl sites for hydroxylation is 1. The van der Waals surface area contributed by atoms with Crippen LogP contribution in [0.5, 0.6) is 5.06 Å². The van der Waals surface area contributed by atoms with Gasteiger partial charge in [-0.3, -0.25) is 12.6 Å². The van der Waals surface area contributed by atoms with E-state index in [4.69, 9.17) is 10.5 Å². The van der Waals surface area contributed by atoms with E-state index in [2.05, 4.69) is 27.7 Å². The van der Waals surface area contributed by atoms with Crippen LogP contribution in [0.2, 0.25) is 0 Å². The Morgan fingerprint density at radius 2 is 2.23 bits per heavy atom. The molecular weight excluding hydrogens is 633 g/mol. The van der Waals surface area contributed by atoms with Gasteiger partial charge < -0.3 is 10.5 Å². The number of halogens is 3. The second-order valence-corrected chi connectivity index (χ2v) is 10.3. The molecule has 2 aromatic heterocycles. The molecule has 1 aliphatic heterocycles. The third kappa shape index (κ3) is 4.36. The smallest absolute Gasteiger partial charge is 0.273 e. The minimum absolute atomic E-state index is 0.137. The molecule has 1 atom stereocenters. The average molecular weight is 652 g/mol. The third-order valence-electron chi connectivity index (χ3n) is 4.90. The number of hydrogen-bond donors (Lipinski definition) is 1. The zero-order valence-corrected chi connectivity index (χ0v) is 21.2. The van der Waals surface area contributed by atoms with Crippen molar-refractivity contribution >= 4 is 62.7 Å². The van der Waals surface area contributed by atoms with Crippen LogP contribution in [-0.2, 0) is 13.0 Å². The molecule has 0 saturated heterocycles. The zero-order valence-electron chi connectivity index (χ0n) is 16.1. The average Bonchev–Trinajstić information content (AvgIpc) is 3.23. The molecule has 158 valence electrons. The number of nitrogens with two attached hydrogens (primary N) is 1. The number of amides is 1. The van der Waals surface area contributed by atoms with Crippen molar-refractivity contribution in [3.05, 3.63) is 55.9 Å². The number of ether oxygens (including phenoxy) is 1. The topological polar surface area (TPSA) is 73.4 Å². The van der Waals surface area contributed by atoms with Crippen molar-refractivity contribution in [1.29, 1.82) is 0 Å². The van der Waals surface area contributed by atoms with Crippen LogP contribution in [0.15, 0.2) is 30.5 Å². The lowest BCUT2D eigenvalue weighted by molar-refractivity contribution is 0.0862. The summed E-state index contributed by atoms with van der Waals surface area (Å²) >= 11 is 5.43. The van der Waals surface area contributed by atoms with Crippen molar-refractivity contribution in [3.63, 3.8) is 0 Å². The molecule has 2 N–H and O–H groups in total. The van der Waals surface area contributed by atoms with Gasteiger partial charge in [-0.05, 0) is 71.3 Å². The summed E-state index contributed by atoms with van der Waals surface area (Å²) in [5.41, 5.74) is 9.72. The van der Waals surface area contributed by atoms with Gasteiger partial charge in [0.15, 0.2) is 5.06 Å². The monoisotopic (exact) mass is 652 g/mol. The molecule has 0 spiro atoms. The summed E-state index contributed by atoms with van der Waals surface area (Å²) in [6, 6.07) is 6.49. The lowest BCUT2D eigenvalue weighted by Crippen LogP contribution is -2.39. The highest BCUT2D eigenvalue weighted by Gasteiger charge is 2.28. The molecule has 1 unspecified atom stereocenters. The second kappa shape index (κ2) is 9.09. The summed E-state index contributed by atoms with van der Waals surface area (Å²) in [7, 11) is 0. The Kier molecular flexibility index (Phi) is 6.65. The number of hydrogen-bond acceptors (Lipinski definition) is 5. The maximum atomic E-state index is 13.8. The summed E-state index contributed by atoms with van der Waals surface area (Å²) in [6.07, 6.45) is 2.31. The van der Waals surface area contributed by atoms with Gasteiger partial charge in [0, 0.05) is 10.1 Å². The van der Waals surface area contributed by atoms with Crippen molar-refractivity contribution in [3.8, 4) is 16.3 Å². The molecule has 0 bridgehead atoms. The number of fused-ring (bicyclic) bond motifs is 3. The quantitative estimate of drug-likeness (QED) is 0.328. The first kappa shape index (κ1) is 22.0. The van der Waals surface area contributed by atoms with Crippen molar-refractivity contribution in [2.24, 2.45) is 5.73 Å². The van der Waals surface area contributed by atoms with E-state index in [9.17, 15) is 9.18 Å². The first-order valence-electron chi connectivity index (χ1n) is 9.31. The molecule has 10 heteroatoms. The van der Waals surface area contributed by atoms with Gasteiger partial charge in [0.2, 0.25) is 0 Å². The molecule has 1 aliphatic rings. The van der Waals surface area contributed by atoms with Gasteiger partial charge in [0.25, 0.3) is 5.91 Å². The van der Waals surface area contributed by atoms with Crippen molar-refractivity contribution in [2.45, 2.75) is 25.9 Å². The molecule has 3 heterocycles. The summed E-state index contributed by atoms with van der Waals surface area (Å²) in [6.45, 7) is 3.46. The van der Waals surface area contributed by atoms with Crippen LogP contribution in [0.1, 0.15) is 20.8 Å². The van der Waals surface area contributed by atoms with Crippen LogP contribution < -0.4 is 10.5 Å². The number of thiophene rings is 1. The Hall–Kier alpha value is -1.25. The van der Waals surface area contributed by atoms with Gasteiger partial charge >= 0.3 is 0 Å². The lowest BCUT2D eigenvalue weighted by Gasteiger charge is -2.24. The normalized spacial score (nSPS) is 13.8. The zero-order chi connectivity index (χ0) is 21.4. The molecule has 0 saturated carbocycles. The molecule has 30 heavy (non-hydrogen) atoms. The fourth-order valence-corrected chi connectivity index (χ4v) is 6.02. The summed E-state index contributed by atoms with van der Waals surface area (Å²) in [5.74, 6) is -0.423. The largest absolute Gasteiger partial charge is 0.481 e. The van der Waals surface area contributed by atoms with Gasteiger partial charge in [0.05, 0.1) is 57.8 Å². The van der Waals surface area contributed by atoms with Gasteiger partial charge in [-0.25, -0.2) is 4.39 Å². The molecule has 0 aliphatic carbocycles. The van der Waals surface area contributed by atoms with E-state index in [0.29, 0.717) is 24.4 Å². The highest BCUT2D eigenvalue weighted by atomic mass is 127. The minimum Gasteiger partial charge on any atom is -0.481 e. The predicted octanol–water partition coefficient (Wildman–Crippen LogP) is 4.42. The van der Waals surface area contributed by atoms with Crippen LogP contribution >= 0.6 is 56.8 Å². The fourth-order valence-electron chi connectivity index (χ4n) is 3.50. The molecular formula is C20H19FI2N4O2S. The fraction of sp³-hybridized carbons (Fsp3) is 0.300. The number of rotatable bonds is 5. The highest BCUT2D eigenvalue weighted by Crippen LogP contribution is 2.42. The van der Waals surface area contributed by atoms with Gasteiger partial charge in [-0.1, -0.05) is 11.3 Å². The molecule has 3 aromatic rings. The Balaban J connectivity index is 1.59. The third-order valence-corrected chi connectivity index (χ3v) is 7.79. The SMILES string of the molecule is Cc1cnn2c1-c1cc(C(=O)N(I)C(CN)Cc3cc(F)cc(I)c3)sc1OCC2. The highest BCUT2D eigenvalue weighted by molar-refractivity contribution is 14.1. The minimum atomic E-state index is -0.287. The Labute approximate surface area is 205 Å². The second-order valence-electron chi connectivity index (χ2n) is 7.05. The first-order chi connectivity index (χ1) is 14.4. The van der Waals surface area contributed by atoms with Crippen molar-refractivity contribution in [1.82, 2.24) is 12.9 Å². The number of benzene rings is 1. The van der Waals surface area contributed by atoms with Crippen LogP contribution in [0.25, 0.3) is 11.3 Å². The van der Waals surface area contributed by atoms with E-state index in [0.717, 1.165) is 31.0 Å². The molecule has 1 amide bonds. The van der Waals surface area contributed by atoms with Gasteiger partial charge in [-0.15, -0.1) is 0 Å². The number of nitrogens with zero attached hydrogens (tertiary/aromatic N) is 3. The summed E-state index contributed by atoms with van der Waals surface area (Å²) in [5, 5.41) is 5.13. The Morgan fingerprint density at radius 3 is 2.97 bits per heavy atom. The van der Waals surface area contributed by atoms with Gasteiger partial charge in [0.1, 0.15) is 12.4 Å². The Morgan fingerprint density at radius 1 is 1.43 bits per heavy atom. The van der Waals surface area contributed by atoms with Crippen LogP contribution in [-0.4, -0.2) is 38.0 Å². The standard InChI is InChI=1S/C20H19FI2N4O2S/c1-11-10-25-26-2-3-29-20-16(18(11)26)8-17(30-20)19(28)27(23)15(9-24)6-12-4-13(21)7-14(22)5-12/h4-5,7-8,10,15H,2-3,6,9,24H2,1H3. The predicted molar refractivity (Wildman–Crippen MR) is 132 cm³/mol. The van der Waals surface area contributed by atoms with Gasteiger partial charge in [-0.2, -0.15) is 5.10 Å². The first-order valence-corrected chi connectivity index (χ1v) is 12.2. The molecule has 4 rings (SSSR count). The number of carbonyl (C=O) groups is 1. The van der Waals surface area contributed by atoms with E-state index in [1.165, 1.54) is 23.5 Å². The van der Waals surface area contributed by atoms with Crippen LogP contribution in [0.4, 0.5) is 4.39 Å². The van der Waals surface area contributed by atoms with Crippen LogP contribution in [0.3, 0.4) is 0 Å². The molecule has 6 nitrogen and oxygen atoms in total. The molecule has 0 fully saturated rings. The number of carbonyl (C=O) groups excluding carboxylic acids is 1. The van der Waals surface area contributed by atoms with E-state index in [-0.39, 0.29) is 24.3 Å². The van der Waals surface area contributed by atoms with Crippen molar-refractivity contribution in [2.75, 3.05) is 13.2 Å². The van der Waals surface area contributed by atoms with E-state index in [1.807, 2.05) is 52.8 Å².